The predicted molar refractivity (Wildman–Crippen MR) is 103 cm³/mol. The van der Waals surface area contributed by atoms with Crippen LogP contribution in [0.4, 0.5) is 0 Å². The van der Waals surface area contributed by atoms with Gasteiger partial charge in [0.05, 0.1) is 33.4 Å². The molecule has 0 saturated carbocycles. The van der Waals surface area contributed by atoms with Crippen LogP contribution in [0, 0.1) is 5.92 Å². The van der Waals surface area contributed by atoms with Crippen LogP contribution in [0.2, 0.25) is 0 Å². The van der Waals surface area contributed by atoms with Crippen LogP contribution in [0.15, 0.2) is 18.2 Å². The first-order chi connectivity index (χ1) is 13.6. The maximum absolute atomic E-state index is 12.5. The Morgan fingerprint density at radius 2 is 1.93 bits per heavy atom. The maximum atomic E-state index is 12.5. The van der Waals surface area contributed by atoms with Gasteiger partial charge in [-0.15, -0.1) is 0 Å². The van der Waals surface area contributed by atoms with E-state index < -0.39 is 0 Å². The lowest BCUT2D eigenvalue weighted by Gasteiger charge is -2.28. The van der Waals surface area contributed by atoms with Gasteiger partial charge in [0.1, 0.15) is 0 Å². The van der Waals surface area contributed by atoms with Crippen LogP contribution in [0.1, 0.15) is 12.0 Å². The Morgan fingerprint density at radius 1 is 1.18 bits per heavy atom. The molecule has 154 valence electrons. The highest BCUT2D eigenvalue weighted by Gasteiger charge is 2.34. The number of rotatable bonds is 8. The van der Waals surface area contributed by atoms with Gasteiger partial charge in [0.15, 0.2) is 11.5 Å². The zero-order valence-corrected chi connectivity index (χ0v) is 16.6. The van der Waals surface area contributed by atoms with Crippen molar-refractivity contribution in [3.05, 3.63) is 23.8 Å². The summed E-state index contributed by atoms with van der Waals surface area (Å²) in [4.78, 5) is 28.9. The molecule has 0 aromatic heterocycles. The number of hydrogen-bond acceptors (Lipinski definition) is 6. The fraction of sp³-hybridized carbons (Fsp3) is 0.600. The lowest BCUT2D eigenvalue weighted by Crippen LogP contribution is -2.42. The number of likely N-dealkylation sites (tertiary alicyclic amines) is 1. The molecule has 0 bridgehead atoms. The SMILES string of the molecule is COc1ccc(CNC(=O)C2CC(=O)N(CCN3CCOCC3)C2)cc1OC. The first-order valence-corrected chi connectivity index (χ1v) is 9.67. The van der Waals surface area contributed by atoms with Crippen molar-refractivity contribution in [2.75, 3.05) is 60.2 Å². The Kier molecular flexibility index (Phi) is 7.11. The minimum Gasteiger partial charge on any atom is -0.493 e. The van der Waals surface area contributed by atoms with Gasteiger partial charge >= 0.3 is 0 Å². The molecule has 2 saturated heterocycles. The van der Waals surface area contributed by atoms with E-state index in [1.165, 1.54) is 0 Å². The number of hydrogen-bond donors (Lipinski definition) is 1. The smallest absolute Gasteiger partial charge is 0.225 e. The fourth-order valence-corrected chi connectivity index (χ4v) is 3.57. The highest BCUT2D eigenvalue weighted by atomic mass is 16.5. The van der Waals surface area contributed by atoms with Gasteiger partial charge in [-0.25, -0.2) is 0 Å². The zero-order valence-electron chi connectivity index (χ0n) is 16.6. The molecule has 28 heavy (non-hydrogen) atoms. The largest absolute Gasteiger partial charge is 0.493 e. The van der Waals surface area contributed by atoms with Gasteiger partial charge in [0.25, 0.3) is 0 Å². The third-order valence-electron chi connectivity index (χ3n) is 5.29. The third kappa shape index (κ3) is 5.14. The summed E-state index contributed by atoms with van der Waals surface area (Å²) in [5.41, 5.74) is 0.916. The molecule has 8 nitrogen and oxygen atoms in total. The first kappa shape index (κ1) is 20.4. The molecule has 2 aliphatic rings. The standard InChI is InChI=1S/C20H29N3O5/c1-26-17-4-3-15(11-18(17)27-2)13-21-20(25)16-12-19(24)23(14-16)6-5-22-7-9-28-10-8-22/h3-4,11,16H,5-10,12-14H2,1-2H3,(H,21,25). The van der Waals surface area contributed by atoms with Crippen LogP contribution in [0.3, 0.4) is 0 Å². The molecule has 1 aromatic rings. The second-order valence-electron chi connectivity index (χ2n) is 7.10. The number of amides is 2. The summed E-state index contributed by atoms with van der Waals surface area (Å²) in [5, 5.41) is 2.94. The van der Waals surface area contributed by atoms with E-state index in [4.69, 9.17) is 14.2 Å². The Morgan fingerprint density at radius 3 is 2.64 bits per heavy atom. The highest BCUT2D eigenvalue weighted by Crippen LogP contribution is 2.27. The van der Waals surface area contributed by atoms with Crippen LogP contribution in [0.5, 0.6) is 11.5 Å². The van der Waals surface area contributed by atoms with Gasteiger partial charge in [-0.05, 0) is 17.7 Å². The average Bonchev–Trinajstić information content (AvgIpc) is 3.11. The Hall–Kier alpha value is -2.32. The zero-order chi connectivity index (χ0) is 19.9. The molecule has 0 spiro atoms. The fourth-order valence-electron chi connectivity index (χ4n) is 3.57. The summed E-state index contributed by atoms with van der Waals surface area (Å²) in [6.07, 6.45) is 0.279. The van der Waals surface area contributed by atoms with Crippen molar-refractivity contribution < 1.29 is 23.8 Å². The van der Waals surface area contributed by atoms with Gasteiger partial charge in [0, 0.05) is 45.7 Å². The van der Waals surface area contributed by atoms with Gasteiger partial charge < -0.3 is 24.4 Å². The normalized spacial score (nSPS) is 20.3. The Labute approximate surface area is 165 Å². The Balaban J connectivity index is 1.46. The number of nitrogens with zero attached hydrogens (tertiary/aromatic N) is 2. The first-order valence-electron chi connectivity index (χ1n) is 9.67. The second-order valence-corrected chi connectivity index (χ2v) is 7.10. The number of carbonyl (C=O) groups excluding carboxylic acids is 2. The van der Waals surface area contributed by atoms with Crippen molar-refractivity contribution in [2.24, 2.45) is 5.92 Å². The summed E-state index contributed by atoms with van der Waals surface area (Å²) < 4.78 is 15.9. The van der Waals surface area contributed by atoms with Crippen molar-refractivity contribution in [1.82, 2.24) is 15.1 Å². The molecular weight excluding hydrogens is 362 g/mol. The summed E-state index contributed by atoms with van der Waals surface area (Å²) >= 11 is 0. The lowest BCUT2D eigenvalue weighted by molar-refractivity contribution is -0.129. The number of nitrogens with one attached hydrogen (secondary N) is 1. The summed E-state index contributed by atoms with van der Waals surface area (Å²) in [6, 6.07) is 5.54. The number of benzene rings is 1. The summed E-state index contributed by atoms with van der Waals surface area (Å²) in [5.74, 6) is 0.948. The quantitative estimate of drug-likeness (QED) is 0.695. The maximum Gasteiger partial charge on any atom is 0.225 e. The number of morpholine rings is 1. The number of carbonyl (C=O) groups is 2. The molecule has 2 heterocycles. The topological polar surface area (TPSA) is 80.3 Å². The number of methoxy groups -OCH3 is 2. The Bertz CT molecular complexity index is 690. The average molecular weight is 391 g/mol. The van der Waals surface area contributed by atoms with Crippen LogP contribution < -0.4 is 14.8 Å². The summed E-state index contributed by atoms with van der Waals surface area (Å²) in [6.45, 7) is 5.66. The lowest BCUT2D eigenvalue weighted by atomic mass is 10.1. The van der Waals surface area contributed by atoms with E-state index in [1.54, 1.807) is 19.1 Å². The molecule has 2 fully saturated rings. The molecule has 2 aliphatic heterocycles. The van der Waals surface area contributed by atoms with Gasteiger partial charge in [-0.2, -0.15) is 0 Å². The van der Waals surface area contributed by atoms with E-state index in [0.29, 0.717) is 31.1 Å². The van der Waals surface area contributed by atoms with Crippen LogP contribution in [-0.2, 0) is 20.9 Å². The molecule has 1 aromatic carbocycles. The minimum absolute atomic E-state index is 0.0551. The highest BCUT2D eigenvalue weighted by molar-refractivity contribution is 5.89. The molecule has 2 amide bonds. The molecule has 1 N–H and O–H groups in total. The second kappa shape index (κ2) is 9.75. The monoisotopic (exact) mass is 391 g/mol. The van der Waals surface area contributed by atoms with Crippen molar-refractivity contribution >= 4 is 11.8 Å². The van der Waals surface area contributed by atoms with Crippen LogP contribution in [-0.4, -0.2) is 81.8 Å². The van der Waals surface area contributed by atoms with Crippen molar-refractivity contribution in [2.45, 2.75) is 13.0 Å². The molecule has 0 aliphatic carbocycles. The van der Waals surface area contributed by atoms with E-state index in [1.807, 2.05) is 18.2 Å². The van der Waals surface area contributed by atoms with Gasteiger partial charge in [-0.1, -0.05) is 6.07 Å². The van der Waals surface area contributed by atoms with E-state index in [0.717, 1.165) is 38.4 Å². The van der Waals surface area contributed by atoms with E-state index in [-0.39, 0.29) is 24.2 Å². The molecule has 1 atom stereocenters. The van der Waals surface area contributed by atoms with E-state index >= 15 is 0 Å². The van der Waals surface area contributed by atoms with Crippen molar-refractivity contribution in [3.63, 3.8) is 0 Å². The van der Waals surface area contributed by atoms with Crippen LogP contribution in [0.25, 0.3) is 0 Å². The molecular formula is C20H29N3O5. The van der Waals surface area contributed by atoms with Gasteiger partial charge in [-0.3, -0.25) is 14.5 Å². The van der Waals surface area contributed by atoms with Crippen LogP contribution >= 0.6 is 0 Å². The molecule has 0 radical (unpaired) electrons. The molecule has 3 rings (SSSR count). The van der Waals surface area contributed by atoms with Crippen molar-refractivity contribution in [1.29, 1.82) is 0 Å². The van der Waals surface area contributed by atoms with Crippen molar-refractivity contribution in [3.8, 4) is 11.5 Å². The predicted octanol–water partition coefficient (Wildman–Crippen LogP) is 0.501. The van der Waals surface area contributed by atoms with E-state index in [2.05, 4.69) is 10.2 Å². The molecule has 1 unspecified atom stereocenters. The minimum atomic E-state index is -0.294. The van der Waals surface area contributed by atoms with E-state index in [9.17, 15) is 9.59 Å². The van der Waals surface area contributed by atoms with Gasteiger partial charge in [0.2, 0.25) is 11.8 Å². The molecule has 8 heteroatoms. The number of ether oxygens (including phenoxy) is 3. The summed E-state index contributed by atoms with van der Waals surface area (Å²) in [7, 11) is 3.16. The third-order valence-corrected chi connectivity index (χ3v) is 5.29.